The quantitative estimate of drug-likeness (QED) is 0.631. The van der Waals surface area contributed by atoms with E-state index in [0.717, 1.165) is 0 Å². The molecule has 0 aliphatic carbocycles. The molecule has 5 nitrogen and oxygen atoms in total. The summed E-state index contributed by atoms with van der Waals surface area (Å²) in [5, 5.41) is 17.6. The van der Waals surface area contributed by atoms with Gasteiger partial charge in [0.05, 0.1) is 11.7 Å². The molecule has 2 atom stereocenters. The number of hydrogen-bond acceptors (Lipinski definition) is 3. The molecule has 0 spiro atoms. The van der Waals surface area contributed by atoms with Gasteiger partial charge in [0, 0.05) is 0 Å². The molecule has 0 saturated carbocycles. The highest BCUT2D eigenvalue weighted by Crippen LogP contribution is 2.43. The summed E-state index contributed by atoms with van der Waals surface area (Å²) in [7, 11) is 0. The van der Waals surface area contributed by atoms with Gasteiger partial charge in [-0.15, -0.1) is 0 Å². The van der Waals surface area contributed by atoms with Gasteiger partial charge in [-0.1, -0.05) is 0 Å². The first-order chi connectivity index (χ1) is 6.06. The molecule has 0 aromatic carbocycles. The fourth-order valence-electron chi connectivity index (χ4n) is 1.87. The van der Waals surface area contributed by atoms with E-state index in [1.807, 2.05) is 0 Å². The molecule has 13 heavy (non-hydrogen) atoms. The zero-order valence-electron chi connectivity index (χ0n) is 6.69. The molecular formula is C8H8O5. The van der Waals surface area contributed by atoms with Crippen molar-refractivity contribution in [2.75, 3.05) is 0 Å². The number of ether oxygens (including phenoxy) is 1. The Bertz CT molecular complexity index is 318. The maximum absolute atomic E-state index is 10.9. The van der Waals surface area contributed by atoms with Gasteiger partial charge >= 0.3 is 11.9 Å². The van der Waals surface area contributed by atoms with Gasteiger partial charge < -0.3 is 14.9 Å². The highest BCUT2D eigenvalue weighted by atomic mass is 16.5. The van der Waals surface area contributed by atoms with Crippen LogP contribution >= 0.6 is 0 Å². The number of carboxylic acid groups (broad SMARTS) is 2. The van der Waals surface area contributed by atoms with Gasteiger partial charge in [0.15, 0.2) is 5.60 Å². The van der Waals surface area contributed by atoms with Crippen LogP contribution in [0, 0.1) is 0 Å². The maximum atomic E-state index is 10.9. The Morgan fingerprint density at radius 2 is 2.23 bits per heavy atom. The summed E-state index contributed by atoms with van der Waals surface area (Å²) in [5.41, 5.74) is -1.70. The third-order valence-electron chi connectivity index (χ3n) is 2.50. The van der Waals surface area contributed by atoms with Gasteiger partial charge in [-0.3, -0.25) is 0 Å². The lowest BCUT2D eigenvalue weighted by Gasteiger charge is -2.20. The minimum Gasteiger partial charge on any atom is -0.479 e. The summed E-state index contributed by atoms with van der Waals surface area (Å²) in [6, 6.07) is 0. The summed E-state index contributed by atoms with van der Waals surface area (Å²) in [4.78, 5) is 21.6. The minimum absolute atomic E-state index is 0.128. The third-order valence-corrected chi connectivity index (χ3v) is 2.50. The second kappa shape index (κ2) is 2.32. The van der Waals surface area contributed by atoms with Crippen LogP contribution in [-0.4, -0.2) is 33.9 Å². The van der Waals surface area contributed by atoms with Gasteiger partial charge in [-0.05, 0) is 18.9 Å². The Labute approximate surface area is 73.6 Å². The van der Waals surface area contributed by atoms with E-state index < -0.39 is 17.5 Å². The van der Waals surface area contributed by atoms with Crippen LogP contribution in [0.3, 0.4) is 0 Å². The molecule has 5 heteroatoms. The highest BCUT2D eigenvalue weighted by molar-refractivity contribution is 6.00. The van der Waals surface area contributed by atoms with Crippen molar-refractivity contribution >= 4 is 11.9 Å². The first-order valence-corrected chi connectivity index (χ1v) is 3.93. The predicted octanol–water partition coefficient (Wildman–Crippen LogP) is 0.0134. The summed E-state index contributed by atoms with van der Waals surface area (Å²) in [6.45, 7) is 0. The van der Waals surface area contributed by atoms with Gasteiger partial charge in [-0.2, -0.15) is 0 Å². The van der Waals surface area contributed by atoms with Crippen molar-refractivity contribution in [3.63, 3.8) is 0 Å². The van der Waals surface area contributed by atoms with E-state index in [1.54, 1.807) is 0 Å². The van der Waals surface area contributed by atoms with Crippen LogP contribution in [-0.2, 0) is 14.3 Å². The van der Waals surface area contributed by atoms with E-state index in [0.29, 0.717) is 6.42 Å². The molecule has 2 aliphatic heterocycles. The average molecular weight is 184 g/mol. The second-order valence-electron chi connectivity index (χ2n) is 3.21. The Morgan fingerprint density at radius 1 is 1.54 bits per heavy atom. The van der Waals surface area contributed by atoms with E-state index in [2.05, 4.69) is 0 Å². The zero-order valence-corrected chi connectivity index (χ0v) is 6.69. The molecule has 0 aromatic heterocycles. The van der Waals surface area contributed by atoms with Crippen molar-refractivity contribution in [1.29, 1.82) is 0 Å². The first kappa shape index (κ1) is 8.25. The lowest BCUT2D eigenvalue weighted by molar-refractivity contribution is -0.158. The number of carbonyl (C=O) groups is 2. The molecule has 2 unspecified atom stereocenters. The van der Waals surface area contributed by atoms with E-state index in [1.165, 1.54) is 6.08 Å². The molecule has 2 bridgehead atoms. The van der Waals surface area contributed by atoms with Crippen LogP contribution in [0.2, 0.25) is 0 Å². The zero-order chi connectivity index (χ0) is 9.64. The Hall–Kier alpha value is -1.36. The average Bonchev–Trinajstić information content (AvgIpc) is 2.60. The van der Waals surface area contributed by atoms with Crippen molar-refractivity contribution in [2.24, 2.45) is 0 Å². The lowest BCUT2D eigenvalue weighted by atomic mass is 9.86. The van der Waals surface area contributed by atoms with Crippen LogP contribution < -0.4 is 0 Å². The maximum Gasteiger partial charge on any atom is 0.340 e. The molecule has 0 aromatic rings. The summed E-state index contributed by atoms with van der Waals surface area (Å²) < 4.78 is 5.12. The van der Waals surface area contributed by atoms with Gasteiger partial charge in [0.2, 0.25) is 0 Å². The predicted molar refractivity (Wildman–Crippen MR) is 40.2 cm³/mol. The van der Waals surface area contributed by atoms with Crippen LogP contribution in [0.1, 0.15) is 12.8 Å². The molecule has 2 rings (SSSR count). The fourth-order valence-corrected chi connectivity index (χ4v) is 1.87. The summed E-state index contributed by atoms with van der Waals surface area (Å²) in [6.07, 6.45) is 1.90. The number of carboxylic acids is 2. The molecule has 0 radical (unpaired) electrons. The van der Waals surface area contributed by atoms with Gasteiger partial charge in [-0.25, -0.2) is 9.59 Å². The lowest BCUT2D eigenvalue weighted by Crippen LogP contribution is -2.40. The first-order valence-electron chi connectivity index (χ1n) is 3.93. The minimum atomic E-state index is -1.57. The smallest absolute Gasteiger partial charge is 0.340 e. The Kier molecular flexibility index (Phi) is 1.47. The van der Waals surface area contributed by atoms with Gasteiger partial charge in [0.25, 0.3) is 0 Å². The van der Waals surface area contributed by atoms with Crippen LogP contribution in [0.15, 0.2) is 11.6 Å². The molecule has 1 fully saturated rings. The molecule has 2 heterocycles. The Balaban J connectivity index is 2.44. The standard InChI is InChI=1S/C8H8O5/c9-6(10)5-3-4-1-2-8(5,13-4)7(11)12/h3-4H,1-2H2,(H,9,10)(H,11,12). The highest BCUT2D eigenvalue weighted by Gasteiger charge is 2.56. The second-order valence-corrected chi connectivity index (χ2v) is 3.21. The van der Waals surface area contributed by atoms with E-state index >= 15 is 0 Å². The number of fused-ring (bicyclic) bond motifs is 2. The number of hydrogen-bond donors (Lipinski definition) is 2. The fraction of sp³-hybridized carbons (Fsp3) is 0.500. The molecule has 0 amide bonds. The van der Waals surface area contributed by atoms with Crippen molar-refractivity contribution < 1.29 is 24.5 Å². The normalized spacial score (nSPS) is 36.0. The van der Waals surface area contributed by atoms with Gasteiger partial charge in [0.1, 0.15) is 0 Å². The molecule has 2 aliphatic rings. The molecule has 2 N–H and O–H groups in total. The largest absolute Gasteiger partial charge is 0.479 e. The summed E-state index contributed by atoms with van der Waals surface area (Å²) in [5.74, 6) is -2.41. The van der Waals surface area contributed by atoms with Crippen molar-refractivity contribution in [1.82, 2.24) is 0 Å². The third kappa shape index (κ3) is 0.904. The van der Waals surface area contributed by atoms with Crippen LogP contribution in [0.5, 0.6) is 0 Å². The summed E-state index contributed by atoms with van der Waals surface area (Å²) >= 11 is 0. The number of aliphatic carboxylic acids is 2. The molecule has 1 saturated heterocycles. The Morgan fingerprint density at radius 3 is 2.62 bits per heavy atom. The van der Waals surface area contributed by atoms with Crippen LogP contribution in [0.25, 0.3) is 0 Å². The molecule has 70 valence electrons. The van der Waals surface area contributed by atoms with Crippen molar-refractivity contribution in [3.05, 3.63) is 11.6 Å². The van der Waals surface area contributed by atoms with Crippen LogP contribution in [0.4, 0.5) is 0 Å². The van der Waals surface area contributed by atoms with Crippen molar-refractivity contribution in [3.8, 4) is 0 Å². The monoisotopic (exact) mass is 184 g/mol. The van der Waals surface area contributed by atoms with E-state index in [4.69, 9.17) is 14.9 Å². The number of rotatable bonds is 2. The van der Waals surface area contributed by atoms with E-state index in [9.17, 15) is 9.59 Å². The topological polar surface area (TPSA) is 83.8 Å². The van der Waals surface area contributed by atoms with E-state index in [-0.39, 0.29) is 18.1 Å². The molecular weight excluding hydrogens is 176 g/mol. The van der Waals surface area contributed by atoms with Crippen molar-refractivity contribution in [2.45, 2.75) is 24.5 Å². The SMILES string of the molecule is O=C(O)C1=CC2CCC1(C(=O)O)O2.